The first-order valence-corrected chi connectivity index (χ1v) is 8.28. The molecule has 21 heavy (non-hydrogen) atoms. The molecule has 7 heteroatoms. The van der Waals surface area contributed by atoms with E-state index in [0.29, 0.717) is 25.2 Å². The zero-order valence-corrected chi connectivity index (χ0v) is 13.4. The summed E-state index contributed by atoms with van der Waals surface area (Å²) in [4.78, 5) is 13.6. The summed E-state index contributed by atoms with van der Waals surface area (Å²) in [5, 5.41) is 0. The summed E-state index contributed by atoms with van der Waals surface area (Å²) in [6.07, 6.45) is 0.627. The van der Waals surface area contributed by atoms with Crippen molar-refractivity contribution in [1.82, 2.24) is 9.21 Å². The van der Waals surface area contributed by atoms with E-state index < -0.39 is 10.0 Å². The Labute approximate surface area is 125 Å². The van der Waals surface area contributed by atoms with Crippen LogP contribution in [0.15, 0.2) is 17.0 Å². The molecule has 6 nitrogen and oxygen atoms in total. The number of rotatable bonds is 2. The second kappa shape index (κ2) is 5.65. The predicted octanol–water partition coefficient (Wildman–Crippen LogP) is 0.738. The maximum Gasteiger partial charge on any atom is 0.243 e. The van der Waals surface area contributed by atoms with Crippen LogP contribution in [0.3, 0.4) is 0 Å². The number of amides is 1. The average molecular weight is 311 g/mol. The number of carbonyl (C=O) groups is 1. The van der Waals surface area contributed by atoms with E-state index in [1.54, 1.807) is 18.0 Å². The van der Waals surface area contributed by atoms with Crippen LogP contribution < -0.4 is 5.73 Å². The molecule has 1 aliphatic rings. The lowest BCUT2D eigenvalue weighted by Gasteiger charge is -2.20. The van der Waals surface area contributed by atoms with E-state index in [0.717, 1.165) is 11.1 Å². The molecule has 0 radical (unpaired) electrons. The summed E-state index contributed by atoms with van der Waals surface area (Å²) in [5.74, 6) is -0.187. The molecule has 1 saturated heterocycles. The molecule has 1 aliphatic heterocycles. The molecular weight excluding hydrogens is 290 g/mol. The van der Waals surface area contributed by atoms with E-state index in [1.807, 2.05) is 13.8 Å². The number of nitrogen functional groups attached to an aromatic ring is 1. The van der Waals surface area contributed by atoms with Gasteiger partial charge in [0.25, 0.3) is 0 Å². The van der Waals surface area contributed by atoms with E-state index in [9.17, 15) is 13.2 Å². The number of sulfonamides is 1. The van der Waals surface area contributed by atoms with Gasteiger partial charge >= 0.3 is 0 Å². The van der Waals surface area contributed by atoms with Gasteiger partial charge in [-0.2, -0.15) is 4.31 Å². The van der Waals surface area contributed by atoms with Crippen LogP contribution in [-0.4, -0.2) is 50.2 Å². The van der Waals surface area contributed by atoms with E-state index in [1.165, 1.54) is 10.4 Å². The minimum atomic E-state index is -3.70. The van der Waals surface area contributed by atoms with Gasteiger partial charge < -0.3 is 10.6 Å². The van der Waals surface area contributed by atoms with Crippen LogP contribution >= 0.6 is 0 Å². The van der Waals surface area contributed by atoms with Crippen molar-refractivity contribution >= 4 is 21.6 Å². The number of hydrogen-bond acceptors (Lipinski definition) is 4. The lowest BCUT2D eigenvalue weighted by Crippen LogP contribution is -2.38. The summed E-state index contributed by atoms with van der Waals surface area (Å²) in [5.41, 5.74) is 8.02. The van der Waals surface area contributed by atoms with E-state index in [-0.39, 0.29) is 17.3 Å². The summed E-state index contributed by atoms with van der Waals surface area (Å²) >= 11 is 0. The molecule has 0 aliphatic carbocycles. The van der Waals surface area contributed by atoms with Crippen molar-refractivity contribution in [2.45, 2.75) is 25.2 Å². The van der Waals surface area contributed by atoms with Gasteiger partial charge in [-0.25, -0.2) is 8.42 Å². The van der Waals surface area contributed by atoms with Crippen LogP contribution in [0, 0.1) is 13.8 Å². The third-order valence-corrected chi connectivity index (χ3v) is 5.78. The molecule has 0 saturated carbocycles. The lowest BCUT2D eigenvalue weighted by molar-refractivity contribution is -0.129. The molecule has 1 aromatic rings. The molecule has 0 spiro atoms. The largest absolute Gasteiger partial charge is 0.398 e. The molecule has 0 atom stereocenters. The van der Waals surface area contributed by atoms with Crippen molar-refractivity contribution in [3.63, 3.8) is 0 Å². The van der Waals surface area contributed by atoms with Crippen LogP contribution in [0.2, 0.25) is 0 Å². The second-order valence-electron chi connectivity index (χ2n) is 5.46. The van der Waals surface area contributed by atoms with Crippen LogP contribution in [0.1, 0.15) is 17.5 Å². The molecule has 1 fully saturated rings. The van der Waals surface area contributed by atoms with Gasteiger partial charge in [-0.3, -0.25) is 4.79 Å². The molecule has 0 bridgehead atoms. The first-order valence-electron chi connectivity index (χ1n) is 6.84. The zero-order chi connectivity index (χ0) is 15.8. The first kappa shape index (κ1) is 15.8. The van der Waals surface area contributed by atoms with Gasteiger partial charge in [-0.15, -0.1) is 0 Å². The van der Waals surface area contributed by atoms with Gasteiger partial charge in [0.1, 0.15) is 0 Å². The molecule has 2 N–H and O–H groups in total. The third-order valence-electron chi connectivity index (χ3n) is 3.96. The van der Waals surface area contributed by atoms with E-state index in [2.05, 4.69) is 0 Å². The Balaban J connectivity index is 2.40. The molecule has 0 aromatic heterocycles. The minimum absolute atomic E-state index is 0.119. The van der Waals surface area contributed by atoms with Gasteiger partial charge in [-0.05, 0) is 43.5 Å². The van der Waals surface area contributed by atoms with Gasteiger partial charge in [0.05, 0.1) is 11.4 Å². The van der Waals surface area contributed by atoms with E-state index in [4.69, 9.17) is 5.73 Å². The summed E-state index contributed by atoms with van der Waals surface area (Å²) in [7, 11) is -2.01. The number of aryl methyl sites for hydroxylation is 1. The minimum Gasteiger partial charge on any atom is -0.398 e. The fraction of sp³-hybridized carbons (Fsp3) is 0.500. The SMILES string of the molecule is Cc1cc(S(=O)(=O)N2CCCN(C)C(=O)C2)cc(N)c1C. The fourth-order valence-corrected chi connectivity index (χ4v) is 3.86. The number of hydrogen-bond donors (Lipinski definition) is 1. The Kier molecular flexibility index (Phi) is 4.25. The predicted molar refractivity (Wildman–Crippen MR) is 81.3 cm³/mol. The van der Waals surface area contributed by atoms with E-state index >= 15 is 0 Å². The van der Waals surface area contributed by atoms with Crippen LogP contribution in [-0.2, 0) is 14.8 Å². The molecule has 1 aromatic carbocycles. The smallest absolute Gasteiger partial charge is 0.243 e. The molecule has 1 amide bonds. The normalized spacial score (nSPS) is 17.9. The van der Waals surface area contributed by atoms with Gasteiger partial charge in [0, 0.05) is 25.8 Å². The number of nitrogens with two attached hydrogens (primary N) is 1. The third kappa shape index (κ3) is 3.03. The summed E-state index contributed by atoms with van der Waals surface area (Å²) in [6.45, 7) is 4.47. The van der Waals surface area contributed by atoms with Crippen LogP contribution in [0.25, 0.3) is 0 Å². The lowest BCUT2D eigenvalue weighted by atomic mass is 10.1. The number of anilines is 1. The van der Waals surface area contributed by atoms with Crippen molar-refractivity contribution in [1.29, 1.82) is 0 Å². The Morgan fingerprint density at radius 3 is 2.48 bits per heavy atom. The molecule has 1 heterocycles. The van der Waals surface area contributed by atoms with Crippen molar-refractivity contribution in [3.8, 4) is 0 Å². The number of likely N-dealkylation sites (N-methyl/N-ethyl adjacent to an activating group) is 1. The molecular formula is C14H21N3O3S. The van der Waals surface area contributed by atoms with Crippen LogP contribution in [0.5, 0.6) is 0 Å². The number of benzene rings is 1. The zero-order valence-electron chi connectivity index (χ0n) is 12.6. The maximum absolute atomic E-state index is 12.7. The van der Waals surface area contributed by atoms with Gasteiger partial charge in [-0.1, -0.05) is 0 Å². The highest BCUT2D eigenvalue weighted by Gasteiger charge is 2.30. The quantitative estimate of drug-likeness (QED) is 0.817. The Morgan fingerprint density at radius 2 is 1.86 bits per heavy atom. The molecule has 2 rings (SSSR count). The molecule has 116 valence electrons. The van der Waals surface area contributed by atoms with Crippen molar-refractivity contribution in [3.05, 3.63) is 23.3 Å². The van der Waals surface area contributed by atoms with Crippen molar-refractivity contribution in [2.75, 3.05) is 32.4 Å². The Bertz CT molecular complexity index is 647. The fourth-order valence-electron chi connectivity index (χ4n) is 2.32. The van der Waals surface area contributed by atoms with Gasteiger partial charge in [0.2, 0.25) is 15.9 Å². The van der Waals surface area contributed by atoms with Crippen molar-refractivity contribution in [2.24, 2.45) is 0 Å². The summed E-state index contributed by atoms with van der Waals surface area (Å²) < 4.78 is 26.7. The highest BCUT2D eigenvalue weighted by molar-refractivity contribution is 7.89. The monoisotopic (exact) mass is 311 g/mol. The first-order chi connectivity index (χ1) is 9.73. The maximum atomic E-state index is 12.7. The summed E-state index contributed by atoms with van der Waals surface area (Å²) in [6, 6.07) is 3.08. The Morgan fingerprint density at radius 1 is 1.19 bits per heavy atom. The van der Waals surface area contributed by atoms with Gasteiger partial charge in [0.15, 0.2) is 0 Å². The Hall–Kier alpha value is -1.60. The number of carbonyl (C=O) groups excluding carboxylic acids is 1. The highest BCUT2D eigenvalue weighted by atomic mass is 32.2. The average Bonchev–Trinajstić information content (AvgIpc) is 2.58. The van der Waals surface area contributed by atoms with Crippen molar-refractivity contribution < 1.29 is 13.2 Å². The standard InChI is InChI=1S/C14H21N3O3S/c1-10-7-12(8-13(15)11(10)2)21(19,20)17-6-4-5-16(3)14(18)9-17/h7-8H,4-6,9,15H2,1-3H3. The number of nitrogens with zero attached hydrogens (tertiary/aromatic N) is 2. The highest BCUT2D eigenvalue weighted by Crippen LogP contribution is 2.24. The topological polar surface area (TPSA) is 83.7 Å². The van der Waals surface area contributed by atoms with Crippen LogP contribution in [0.4, 0.5) is 5.69 Å². The molecule has 0 unspecified atom stereocenters. The second-order valence-corrected chi connectivity index (χ2v) is 7.40.